The highest BCUT2D eigenvalue weighted by atomic mass is 19.1. The van der Waals surface area contributed by atoms with Crippen LogP contribution in [0.4, 0.5) is 8.78 Å². The minimum absolute atomic E-state index is 0.0217. The van der Waals surface area contributed by atoms with Crippen LogP contribution >= 0.6 is 0 Å². The van der Waals surface area contributed by atoms with E-state index in [-0.39, 0.29) is 48.6 Å². The highest BCUT2D eigenvalue weighted by Gasteiger charge is 2.42. The lowest BCUT2D eigenvalue weighted by molar-refractivity contribution is -0.136. The third-order valence-corrected chi connectivity index (χ3v) is 6.39. The van der Waals surface area contributed by atoms with Crippen molar-refractivity contribution in [1.29, 1.82) is 0 Å². The zero-order chi connectivity index (χ0) is 21.4. The van der Waals surface area contributed by atoms with Crippen molar-refractivity contribution < 1.29 is 28.3 Å². The summed E-state index contributed by atoms with van der Waals surface area (Å²) in [5.74, 6) is -3.25. The number of rotatable bonds is 5. The van der Waals surface area contributed by atoms with Crippen LogP contribution in [0.2, 0.25) is 0 Å². The van der Waals surface area contributed by atoms with E-state index < -0.39 is 35.4 Å². The minimum Gasteiger partial charge on any atom is -0.396 e. The Labute approximate surface area is 173 Å². The number of halogens is 2. The monoisotopic (exact) mass is 421 g/mol. The summed E-state index contributed by atoms with van der Waals surface area (Å²) in [6.07, 6.45) is 2.15. The molecular formula is C21H25F2N3O4. The quantitative estimate of drug-likeness (QED) is 0.700. The molecule has 1 atom stereocenters. The Bertz CT molecular complexity index is 883. The first kappa shape index (κ1) is 20.9. The van der Waals surface area contributed by atoms with Gasteiger partial charge in [0.25, 0.3) is 5.91 Å². The van der Waals surface area contributed by atoms with Crippen molar-refractivity contribution in [3.05, 3.63) is 34.4 Å². The second kappa shape index (κ2) is 8.39. The zero-order valence-electron chi connectivity index (χ0n) is 16.6. The number of aliphatic hydroxyl groups excluding tert-OH is 1. The number of hydrogen-bond acceptors (Lipinski definition) is 5. The maximum Gasteiger partial charge on any atom is 0.255 e. The summed E-state index contributed by atoms with van der Waals surface area (Å²) in [5.41, 5.74) is 0.108. The summed E-state index contributed by atoms with van der Waals surface area (Å²) in [4.78, 5) is 39.7. The lowest BCUT2D eigenvalue weighted by atomic mass is 9.86. The molecule has 0 aliphatic carbocycles. The van der Waals surface area contributed by atoms with Gasteiger partial charge < -0.3 is 14.9 Å². The number of fused-ring (bicyclic) bond motifs is 1. The van der Waals surface area contributed by atoms with Gasteiger partial charge in [0.2, 0.25) is 11.8 Å². The molecule has 2 fully saturated rings. The van der Waals surface area contributed by atoms with Gasteiger partial charge in [0.05, 0.1) is 12.1 Å². The van der Waals surface area contributed by atoms with E-state index in [1.807, 2.05) is 0 Å². The van der Waals surface area contributed by atoms with E-state index >= 15 is 4.39 Å². The fraction of sp³-hybridized carbons (Fsp3) is 0.571. The summed E-state index contributed by atoms with van der Waals surface area (Å²) in [5, 5.41) is 11.2. The third-order valence-electron chi connectivity index (χ3n) is 6.39. The fourth-order valence-electron chi connectivity index (χ4n) is 4.76. The maximum absolute atomic E-state index is 15.4. The number of benzene rings is 1. The number of aliphatic hydroxyl groups is 1. The predicted molar refractivity (Wildman–Crippen MR) is 103 cm³/mol. The zero-order valence-corrected chi connectivity index (χ0v) is 16.6. The molecule has 0 bridgehead atoms. The number of carbonyl (C=O) groups is 3. The number of hydrogen-bond donors (Lipinski definition) is 2. The van der Waals surface area contributed by atoms with Crippen LogP contribution < -0.4 is 5.32 Å². The maximum atomic E-state index is 15.4. The summed E-state index contributed by atoms with van der Waals surface area (Å²) < 4.78 is 30.3. The first-order valence-corrected chi connectivity index (χ1v) is 10.4. The van der Waals surface area contributed by atoms with Crippen molar-refractivity contribution in [3.63, 3.8) is 0 Å². The van der Waals surface area contributed by atoms with E-state index in [1.54, 1.807) is 0 Å². The van der Waals surface area contributed by atoms with E-state index in [4.69, 9.17) is 5.11 Å². The van der Waals surface area contributed by atoms with Crippen molar-refractivity contribution in [1.82, 2.24) is 15.1 Å². The number of carbonyl (C=O) groups excluding carboxylic acids is 3. The Morgan fingerprint density at radius 3 is 2.53 bits per heavy atom. The van der Waals surface area contributed by atoms with E-state index in [9.17, 15) is 18.8 Å². The second-order valence-corrected chi connectivity index (χ2v) is 8.21. The van der Waals surface area contributed by atoms with Gasteiger partial charge in [0.15, 0.2) is 0 Å². The number of amides is 3. The molecule has 7 nitrogen and oxygen atoms in total. The molecule has 0 spiro atoms. The number of nitrogens with zero attached hydrogens (tertiary/aromatic N) is 2. The van der Waals surface area contributed by atoms with E-state index in [2.05, 4.69) is 10.2 Å². The predicted octanol–water partition coefficient (Wildman–Crippen LogP) is 1.29. The number of imide groups is 1. The average Bonchev–Trinajstić information content (AvgIpc) is 3.04. The Hall–Kier alpha value is -2.39. The summed E-state index contributed by atoms with van der Waals surface area (Å²) in [6, 6.07) is 0.239. The molecule has 0 radical (unpaired) electrons. The molecule has 4 rings (SSSR count). The number of likely N-dealkylation sites (tertiary alicyclic amines) is 1. The van der Waals surface area contributed by atoms with Crippen LogP contribution in [0, 0.1) is 11.6 Å². The summed E-state index contributed by atoms with van der Waals surface area (Å²) in [7, 11) is 0. The minimum atomic E-state index is -0.858. The lowest BCUT2D eigenvalue weighted by Gasteiger charge is -2.32. The molecule has 3 aliphatic rings. The van der Waals surface area contributed by atoms with Crippen LogP contribution in [0.5, 0.6) is 0 Å². The Morgan fingerprint density at radius 2 is 1.87 bits per heavy atom. The molecule has 1 unspecified atom stereocenters. The highest BCUT2D eigenvalue weighted by molar-refractivity contribution is 6.05. The first-order valence-electron chi connectivity index (χ1n) is 10.4. The van der Waals surface area contributed by atoms with E-state index in [1.165, 1.54) is 4.90 Å². The molecule has 162 valence electrons. The van der Waals surface area contributed by atoms with Crippen LogP contribution in [0.3, 0.4) is 0 Å². The first-order chi connectivity index (χ1) is 14.4. The number of nitrogens with one attached hydrogen (secondary N) is 1. The molecule has 30 heavy (non-hydrogen) atoms. The van der Waals surface area contributed by atoms with Gasteiger partial charge in [-0.1, -0.05) is 0 Å². The highest BCUT2D eigenvalue weighted by Crippen LogP contribution is 2.38. The molecule has 3 heterocycles. The number of piperidine rings is 2. The van der Waals surface area contributed by atoms with Gasteiger partial charge in [-0.25, -0.2) is 8.78 Å². The molecule has 2 N–H and O–H groups in total. The Morgan fingerprint density at radius 1 is 1.13 bits per heavy atom. The third kappa shape index (κ3) is 3.72. The molecule has 3 aliphatic heterocycles. The standard InChI is InChI=1S/C21H25F2N3O4/c22-15-10-13-14(11-26(21(13)30)16-2-3-17(28)24-20(16)29)19(23)18(15)12-4-7-25(8-5-12)6-1-9-27/h10,12,16,27H,1-9,11H2,(H,24,28,29). The van der Waals surface area contributed by atoms with Crippen LogP contribution in [0.15, 0.2) is 6.07 Å². The molecule has 1 aromatic rings. The SMILES string of the molecule is O=C1CCC(N2Cc3c(cc(F)c(C4CCN(CCCO)CC4)c3F)C2=O)C(=O)N1. The van der Waals surface area contributed by atoms with Crippen molar-refractivity contribution in [3.8, 4) is 0 Å². The van der Waals surface area contributed by atoms with Gasteiger partial charge in [0.1, 0.15) is 17.7 Å². The fourth-order valence-corrected chi connectivity index (χ4v) is 4.76. The second-order valence-electron chi connectivity index (χ2n) is 8.21. The van der Waals surface area contributed by atoms with E-state index in [0.717, 1.165) is 12.6 Å². The normalized spacial score (nSPS) is 23.1. The van der Waals surface area contributed by atoms with Gasteiger partial charge >= 0.3 is 0 Å². The van der Waals surface area contributed by atoms with Gasteiger partial charge in [-0.2, -0.15) is 0 Å². The topological polar surface area (TPSA) is 90.0 Å². The average molecular weight is 421 g/mol. The van der Waals surface area contributed by atoms with Crippen LogP contribution in [0.1, 0.15) is 59.5 Å². The molecule has 1 aromatic carbocycles. The Balaban J connectivity index is 1.54. The van der Waals surface area contributed by atoms with Gasteiger partial charge in [-0.15, -0.1) is 0 Å². The van der Waals surface area contributed by atoms with Gasteiger partial charge in [0, 0.05) is 30.7 Å². The van der Waals surface area contributed by atoms with Gasteiger partial charge in [-0.05, 0) is 50.8 Å². The summed E-state index contributed by atoms with van der Waals surface area (Å²) in [6.45, 7) is 2.17. The molecule has 3 amide bonds. The van der Waals surface area contributed by atoms with Crippen LogP contribution in [-0.2, 0) is 16.1 Å². The molecular weight excluding hydrogens is 396 g/mol. The Kier molecular flexibility index (Phi) is 5.84. The van der Waals surface area contributed by atoms with Gasteiger partial charge in [-0.3, -0.25) is 19.7 Å². The molecule has 0 aromatic heterocycles. The van der Waals surface area contributed by atoms with Crippen molar-refractivity contribution in [2.45, 2.75) is 50.6 Å². The summed E-state index contributed by atoms with van der Waals surface area (Å²) >= 11 is 0. The smallest absolute Gasteiger partial charge is 0.255 e. The van der Waals surface area contributed by atoms with Crippen molar-refractivity contribution in [2.24, 2.45) is 0 Å². The van der Waals surface area contributed by atoms with Crippen LogP contribution in [0.25, 0.3) is 0 Å². The molecule has 2 saturated heterocycles. The van der Waals surface area contributed by atoms with Crippen molar-refractivity contribution in [2.75, 3.05) is 26.2 Å². The van der Waals surface area contributed by atoms with Crippen LogP contribution in [-0.4, -0.2) is 64.9 Å². The molecule has 9 heteroatoms. The largest absolute Gasteiger partial charge is 0.396 e. The lowest BCUT2D eigenvalue weighted by Crippen LogP contribution is -2.52. The van der Waals surface area contributed by atoms with E-state index in [0.29, 0.717) is 32.4 Å². The van der Waals surface area contributed by atoms with Crippen molar-refractivity contribution >= 4 is 17.7 Å². The molecule has 0 saturated carbocycles.